The van der Waals surface area contributed by atoms with Crippen molar-refractivity contribution < 1.29 is 13.6 Å². The van der Waals surface area contributed by atoms with Crippen molar-refractivity contribution in [1.29, 1.82) is 0 Å². The molecule has 1 aromatic heterocycles. The van der Waals surface area contributed by atoms with Crippen LogP contribution in [0.1, 0.15) is 10.4 Å². The summed E-state index contributed by atoms with van der Waals surface area (Å²) in [4.78, 5) is 15.4. The molecular weight excluding hydrogens is 370 g/mol. The summed E-state index contributed by atoms with van der Waals surface area (Å²) in [6.07, 6.45) is 0. The first-order chi connectivity index (χ1) is 13.0. The number of benzene rings is 3. The molecule has 27 heavy (non-hydrogen) atoms. The Morgan fingerprint density at radius 2 is 1.63 bits per heavy atom. The number of carbonyl (C=O) groups is 1. The van der Waals surface area contributed by atoms with E-state index in [1.807, 2.05) is 24.3 Å². The standard InChI is InChI=1S/C21H13ClF2N2O/c22-14-6-9-18-13(10-14)11-19(26-18)12-4-7-15(8-5-12)25-21(27)20-16(23)2-1-3-17(20)24/h1-11,26H,(H,25,27). The van der Waals surface area contributed by atoms with Crippen molar-refractivity contribution in [2.75, 3.05) is 5.32 Å². The molecule has 0 aliphatic heterocycles. The molecule has 0 spiro atoms. The van der Waals surface area contributed by atoms with Gasteiger partial charge in [-0.05, 0) is 54.1 Å². The fourth-order valence-electron chi connectivity index (χ4n) is 2.90. The molecule has 0 atom stereocenters. The Kier molecular flexibility index (Phi) is 4.38. The van der Waals surface area contributed by atoms with Crippen LogP contribution in [0.15, 0.2) is 66.7 Å². The predicted molar refractivity (Wildman–Crippen MR) is 103 cm³/mol. The summed E-state index contributed by atoms with van der Waals surface area (Å²) in [6.45, 7) is 0. The van der Waals surface area contributed by atoms with Gasteiger partial charge >= 0.3 is 0 Å². The van der Waals surface area contributed by atoms with Gasteiger partial charge in [-0.25, -0.2) is 8.78 Å². The molecule has 0 fully saturated rings. The monoisotopic (exact) mass is 382 g/mol. The minimum Gasteiger partial charge on any atom is -0.355 e. The first-order valence-electron chi connectivity index (χ1n) is 8.15. The zero-order valence-corrected chi connectivity index (χ0v) is 14.6. The topological polar surface area (TPSA) is 44.9 Å². The van der Waals surface area contributed by atoms with E-state index in [9.17, 15) is 13.6 Å². The molecule has 0 radical (unpaired) electrons. The molecule has 3 aromatic carbocycles. The summed E-state index contributed by atoms with van der Waals surface area (Å²) < 4.78 is 27.4. The predicted octanol–water partition coefficient (Wildman–Crippen LogP) is 6.02. The number of amides is 1. The van der Waals surface area contributed by atoms with Gasteiger partial charge in [0, 0.05) is 27.3 Å². The number of carbonyl (C=O) groups excluding carboxylic acids is 1. The Hall–Kier alpha value is -3.18. The molecule has 0 saturated heterocycles. The highest BCUT2D eigenvalue weighted by atomic mass is 35.5. The van der Waals surface area contributed by atoms with Gasteiger partial charge in [0.2, 0.25) is 0 Å². The SMILES string of the molecule is O=C(Nc1ccc(-c2cc3cc(Cl)ccc3[nH]2)cc1)c1c(F)cccc1F. The molecular formula is C21H13ClF2N2O. The molecule has 4 rings (SSSR count). The summed E-state index contributed by atoms with van der Waals surface area (Å²) in [6, 6.07) is 17.8. The molecule has 4 aromatic rings. The van der Waals surface area contributed by atoms with Crippen molar-refractivity contribution in [1.82, 2.24) is 4.98 Å². The largest absolute Gasteiger partial charge is 0.355 e. The van der Waals surface area contributed by atoms with Crippen LogP contribution in [0.2, 0.25) is 5.02 Å². The van der Waals surface area contributed by atoms with Gasteiger partial charge in [-0.3, -0.25) is 4.79 Å². The molecule has 0 aliphatic carbocycles. The van der Waals surface area contributed by atoms with E-state index < -0.39 is 23.1 Å². The number of halogens is 3. The van der Waals surface area contributed by atoms with E-state index in [0.29, 0.717) is 10.7 Å². The molecule has 1 heterocycles. The van der Waals surface area contributed by atoms with E-state index >= 15 is 0 Å². The first-order valence-corrected chi connectivity index (χ1v) is 8.53. The van der Waals surface area contributed by atoms with Gasteiger partial charge in [0.25, 0.3) is 5.91 Å². The highest BCUT2D eigenvalue weighted by Gasteiger charge is 2.17. The maximum Gasteiger partial charge on any atom is 0.261 e. The second kappa shape index (κ2) is 6.85. The molecule has 0 saturated carbocycles. The number of nitrogens with one attached hydrogen (secondary N) is 2. The van der Waals surface area contributed by atoms with Crippen LogP contribution in [0, 0.1) is 11.6 Å². The average molecular weight is 383 g/mol. The van der Waals surface area contributed by atoms with Gasteiger partial charge < -0.3 is 10.3 Å². The van der Waals surface area contributed by atoms with E-state index in [-0.39, 0.29) is 0 Å². The molecule has 134 valence electrons. The lowest BCUT2D eigenvalue weighted by molar-refractivity contribution is 0.101. The van der Waals surface area contributed by atoms with Gasteiger partial charge in [-0.2, -0.15) is 0 Å². The normalized spacial score (nSPS) is 10.9. The van der Waals surface area contributed by atoms with Crippen LogP contribution in [0.5, 0.6) is 0 Å². The summed E-state index contributed by atoms with van der Waals surface area (Å²) in [5.41, 5.74) is 2.59. The van der Waals surface area contributed by atoms with Crippen LogP contribution in [0.3, 0.4) is 0 Å². The van der Waals surface area contributed by atoms with E-state index in [1.54, 1.807) is 24.3 Å². The lowest BCUT2D eigenvalue weighted by Crippen LogP contribution is -2.15. The first kappa shape index (κ1) is 17.2. The molecule has 2 N–H and O–H groups in total. The Labute approximate surface area is 158 Å². The Morgan fingerprint density at radius 3 is 2.33 bits per heavy atom. The summed E-state index contributed by atoms with van der Waals surface area (Å²) in [7, 11) is 0. The zero-order valence-electron chi connectivity index (χ0n) is 13.9. The van der Waals surface area contributed by atoms with Crippen LogP contribution in [0.4, 0.5) is 14.5 Å². The zero-order chi connectivity index (χ0) is 19.0. The summed E-state index contributed by atoms with van der Waals surface area (Å²) in [5, 5.41) is 4.16. The van der Waals surface area contributed by atoms with Crippen molar-refractivity contribution in [3.8, 4) is 11.3 Å². The highest BCUT2D eigenvalue weighted by molar-refractivity contribution is 6.31. The van der Waals surface area contributed by atoms with Gasteiger partial charge in [-0.1, -0.05) is 29.8 Å². The third-order valence-electron chi connectivity index (χ3n) is 4.23. The molecule has 3 nitrogen and oxygen atoms in total. The average Bonchev–Trinajstić information content (AvgIpc) is 3.05. The minimum atomic E-state index is -0.902. The Morgan fingerprint density at radius 1 is 0.926 bits per heavy atom. The number of hydrogen-bond acceptors (Lipinski definition) is 1. The van der Waals surface area contributed by atoms with Gasteiger partial charge in [-0.15, -0.1) is 0 Å². The number of rotatable bonds is 3. The van der Waals surface area contributed by atoms with Crippen molar-refractivity contribution in [2.45, 2.75) is 0 Å². The van der Waals surface area contributed by atoms with Crippen LogP contribution in [0.25, 0.3) is 22.2 Å². The fraction of sp³-hybridized carbons (Fsp3) is 0. The lowest BCUT2D eigenvalue weighted by atomic mass is 10.1. The molecule has 0 bridgehead atoms. The van der Waals surface area contributed by atoms with Crippen molar-refractivity contribution in [3.05, 3.63) is 89.0 Å². The molecule has 0 unspecified atom stereocenters. The number of fused-ring (bicyclic) bond motifs is 1. The van der Waals surface area contributed by atoms with E-state index in [2.05, 4.69) is 10.3 Å². The lowest BCUT2D eigenvalue weighted by Gasteiger charge is -2.08. The second-order valence-corrected chi connectivity index (χ2v) is 6.48. The quantitative estimate of drug-likeness (QED) is 0.447. The third-order valence-corrected chi connectivity index (χ3v) is 4.46. The maximum absolute atomic E-state index is 13.7. The number of hydrogen-bond donors (Lipinski definition) is 2. The van der Waals surface area contributed by atoms with E-state index in [1.165, 1.54) is 6.07 Å². The maximum atomic E-state index is 13.7. The smallest absolute Gasteiger partial charge is 0.261 e. The fourth-order valence-corrected chi connectivity index (χ4v) is 3.08. The van der Waals surface area contributed by atoms with Crippen LogP contribution in [-0.2, 0) is 0 Å². The minimum absolute atomic E-state index is 0.436. The highest BCUT2D eigenvalue weighted by Crippen LogP contribution is 2.27. The van der Waals surface area contributed by atoms with E-state index in [4.69, 9.17) is 11.6 Å². The number of aromatic nitrogens is 1. The van der Waals surface area contributed by atoms with Gasteiger partial charge in [0.1, 0.15) is 17.2 Å². The molecule has 1 amide bonds. The number of anilines is 1. The van der Waals surface area contributed by atoms with Gasteiger partial charge in [0.15, 0.2) is 0 Å². The van der Waals surface area contributed by atoms with Gasteiger partial charge in [0.05, 0.1) is 0 Å². The molecule has 6 heteroatoms. The Bertz CT molecular complexity index is 1130. The van der Waals surface area contributed by atoms with Crippen LogP contribution >= 0.6 is 11.6 Å². The van der Waals surface area contributed by atoms with Crippen LogP contribution < -0.4 is 5.32 Å². The number of aromatic amines is 1. The Balaban J connectivity index is 1.57. The van der Waals surface area contributed by atoms with Crippen LogP contribution in [-0.4, -0.2) is 10.9 Å². The summed E-state index contributed by atoms with van der Waals surface area (Å²) in [5.74, 6) is -2.64. The van der Waals surface area contributed by atoms with Crippen molar-refractivity contribution in [2.24, 2.45) is 0 Å². The van der Waals surface area contributed by atoms with Crippen molar-refractivity contribution in [3.63, 3.8) is 0 Å². The second-order valence-electron chi connectivity index (χ2n) is 6.04. The number of H-pyrrole nitrogens is 1. The molecule has 0 aliphatic rings. The third kappa shape index (κ3) is 3.41. The van der Waals surface area contributed by atoms with E-state index in [0.717, 1.165) is 34.3 Å². The summed E-state index contributed by atoms with van der Waals surface area (Å²) >= 11 is 6.01. The van der Waals surface area contributed by atoms with Crippen molar-refractivity contribution >= 4 is 34.1 Å².